The summed E-state index contributed by atoms with van der Waals surface area (Å²) >= 11 is 0. The number of amides is 1. The van der Waals surface area contributed by atoms with Gasteiger partial charge in [-0.25, -0.2) is 4.79 Å². The molecule has 0 unspecified atom stereocenters. The van der Waals surface area contributed by atoms with E-state index in [1.807, 2.05) is 13.8 Å². The van der Waals surface area contributed by atoms with Gasteiger partial charge in [0.05, 0.1) is 6.10 Å². The molecule has 1 amide bonds. The Balaban J connectivity index is 3.82. The number of alkyl carbamates (subject to hydrolysis) is 1. The van der Waals surface area contributed by atoms with Crippen molar-refractivity contribution in [3.05, 3.63) is 0 Å². The molecule has 0 saturated carbocycles. The Morgan fingerprint density at radius 1 is 1.12 bits per heavy atom. The van der Waals surface area contributed by atoms with Crippen LogP contribution in [0.3, 0.4) is 0 Å². The van der Waals surface area contributed by atoms with Crippen molar-refractivity contribution in [2.45, 2.75) is 59.7 Å². The van der Waals surface area contributed by atoms with Crippen LogP contribution in [0.2, 0.25) is 0 Å². The number of ether oxygens (including phenoxy) is 1. The van der Waals surface area contributed by atoms with Crippen molar-refractivity contribution in [1.29, 1.82) is 0 Å². The van der Waals surface area contributed by atoms with Crippen LogP contribution < -0.4 is 5.32 Å². The van der Waals surface area contributed by atoms with Crippen LogP contribution >= 0.6 is 0 Å². The lowest BCUT2D eigenvalue weighted by Crippen LogP contribution is -2.42. The third-order valence-corrected chi connectivity index (χ3v) is 2.31. The average Bonchev–Trinajstić information content (AvgIpc) is 2.09. The van der Waals surface area contributed by atoms with Gasteiger partial charge in [0.15, 0.2) is 0 Å². The van der Waals surface area contributed by atoms with Gasteiger partial charge in [0.1, 0.15) is 0 Å². The summed E-state index contributed by atoms with van der Waals surface area (Å²) in [6.07, 6.45) is -0.395. The average molecular weight is 230 g/mol. The van der Waals surface area contributed by atoms with Crippen molar-refractivity contribution in [3.63, 3.8) is 0 Å². The molecule has 0 fully saturated rings. The molecule has 0 aromatic heterocycles. The predicted octanol–water partition coefficient (Wildman–Crippen LogP) is 2.24. The first-order chi connectivity index (χ1) is 7.34. The van der Waals surface area contributed by atoms with Gasteiger partial charge in [-0.05, 0) is 41.5 Å². The number of nitrogens with zero attached hydrogens (tertiary/aromatic N) is 1. The van der Waals surface area contributed by atoms with Gasteiger partial charge in [0.25, 0.3) is 0 Å². The molecule has 0 saturated heterocycles. The van der Waals surface area contributed by atoms with E-state index in [9.17, 15) is 4.79 Å². The van der Waals surface area contributed by atoms with E-state index in [-0.39, 0.29) is 12.2 Å². The molecule has 4 nitrogen and oxygen atoms in total. The molecular weight excluding hydrogens is 204 g/mol. The van der Waals surface area contributed by atoms with E-state index in [2.05, 4.69) is 37.9 Å². The first kappa shape index (κ1) is 15.2. The highest BCUT2D eigenvalue weighted by Crippen LogP contribution is 2.03. The Morgan fingerprint density at radius 3 is 2.00 bits per heavy atom. The number of hydrogen-bond donors (Lipinski definition) is 1. The summed E-state index contributed by atoms with van der Waals surface area (Å²) in [4.78, 5) is 13.6. The van der Waals surface area contributed by atoms with E-state index in [4.69, 9.17) is 4.74 Å². The molecule has 1 N–H and O–H groups in total. The Labute approximate surface area is 99.3 Å². The molecule has 96 valence electrons. The molecule has 0 aliphatic rings. The van der Waals surface area contributed by atoms with Crippen LogP contribution in [-0.4, -0.2) is 42.3 Å². The monoisotopic (exact) mass is 230 g/mol. The van der Waals surface area contributed by atoms with Crippen LogP contribution in [-0.2, 0) is 4.74 Å². The summed E-state index contributed by atoms with van der Waals surface area (Å²) in [5.74, 6) is 0. The van der Waals surface area contributed by atoms with Gasteiger partial charge in [-0.2, -0.15) is 0 Å². The highest BCUT2D eigenvalue weighted by molar-refractivity contribution is 5.67. The zero-order chi connectivity index (χ0) is 12.7. The van der Waals surface area contributed by atoms with E-state index < -0.39 is 0 Å². The molecule has 0 bridgehead atoms. The second-order valence-corrected chi connectivity index (χ2v) is 4.81. The highest BCUT2D eigenvalue weighted by atomic mass is 16.6. The molecule has 16 heavy (non-hydrogen) atoms. The Bertz CT molecular complexity index is 195. The Kier molecular flexibility index (Phi) is 7.13. The molecule has 0 heterocycles. The highest BCUT2D eigenvalue weighted by Gasteiger charge is 2.13. The maximum atomic E-state index is 11.2. The molecular formula is C12H26N2O2. The largest absolute Gasteiger partial charge is 0.447 e. The molecule has 0 aromatic rings. The quantitative estimate of drug-likeness (QED) is 0.761. The van der Waals surface area contributed by atoms with Gasteiger partial charge in [-0.15, -0.1) is 0 Å². The van der Waals surface area contributed by atoms with Gasteiger partial charge in [0, 0.05) is 25.2 Å². The minimum atomic E-state index is -0.331. The molecule has 0 aromatic carbocycles. The first-order valence-corrected chi connectivity index (χ1v) is 6.04. The van der Waals surface area contributed by atoms with Gasteiger partial charge in [-0.3, -0.25) is 4.90 Å². The minimum Gasteiger partial charge on any atom is -0.447 e. The fourth-order valence-corrected chi connectivity index (χ4v) is 1.66. The van der Waals surface area contributed by atoms with Gasteiger partial charge < -0.3 is 10.1 Å². The number of carbonyl (C=O) groups is 1. The molecule has 0 aliphatic carbocycles. The van der Waals surface area contributed by atoms with Crippen LogP contribution in [0.15, 0.2) is 0 Å². The topological polar surface area (TPSA) is 41.6 Å². The molecule has 4 heteroatoms. The van der Waals surface area contributed by atoms with Crippen LogP contribution in [0, 0.1) is 0 Å². The van der Waals surface area contributed by atoms with Crippen molar-refractivity contribution in [1.82, 2.24) is 10.2 Å². The summed E-state index contributed by atoms with van der Waals surface area (Å²) in [6, 6.07) is 0.978. The second-order valence-electron chi connectivity index (χ2n) is 4.81. The summed E-state index contributed by atoms with van der Waals surface area (Å²) in [7, 11) is 0. The molecule has 0 spiro atoms. The van der Waals surface area contributed by atoms with Crippen molar-refractivity contribution in [2.24, 2.45) is 0 Å². The van der Waals surface area contributed by atoms with Crippen molar-refractivity contribution < 1.29 is 9.53 Å². The van der Waals surface area contributed by atoms with Crippen LogP contribution in [0.25, 0.3) is 0 Å². The lowest BCUT2D eigenvalue weighted by atomic mass is 10.2. The fourth-order valence-electron chi connectivity index (χ4n) is 1.66. The van der Waals surface area contributed by atoms with Crippen LogP contribution in [0.5, 0.6) is 0 Å². The molecule has 0 radical (unpaired) electrons. The minimum absolute atomic E-state index is 0.0636. The van der Waals surface area contributed by atoms with E-state index in [1.54, 1.807) is 0 Å². The van der Waals surface area contributed by atoms with Gasteiger partial charge in [-0.1, -0.05) is 0 Å². The summed E-state index contributed by atoms with van der Waals surface area (Å²) in [6.45, 7) is 13.8. The summed E-state index contributed by atoms with van der Waals surface area (Å²) in [5.41, 5.74) is 0. The van der Waals surface area contributed by atoms with Crippen molar-refractivity contribution >= 4 is 6.09 Å². The first-order valence-electron chi connectivity index (χ1n) is 6.04. The Morgan fingerprint density at radius 2 is 1.62 bits per heavy atom. The van der Waals surface area contributed by atoms with Gasteiger partial charge in [0.2, 0.25) is 0 Å². The lowest BCUT2D eigenvalue weighted by molar-refractivity contribution is 0.112. The van der Waals surface area contributed by atoms with Crippen molar-refractivity contribution in [2.75, 3.05) is 13.1 Å². The van der Waals surface area contributed by atoms with E-state index in [0.717, 1.165) is 6.54 Å². The molecule has 0 atom stereocenters. The smallest absolute Gasteiger partial charge is 0.407 e. The number of nitrogens with one attached hydrogen (secondary N) is 1. The van der Waals surface area contributed by atoms with Crippen molar-refractivity contribution in [3.8, 4) is 0 Å². The fraction of sp³-hybridized carbons (Fsp3) is 0.917. The van der Waals surface area contributed by atoms with E-state index in [0.29, 0.717) is 18.6 Å². The third-order valence-electron chi connectivity index (χ3n) is 2.31. The maximum absolute atomic E-state index is 11.2. The SMILES string of the molecule is CC(C)OC(=O)NCCN(C(C)C)C(C)C. The van der Waals surface area contributed by atoms with E-state index in [1.165, 1.54) is 0 Å². The number of rotatable bonds is 6. The van der Waals surface area contributed by atoms with Crippen LogP contribution in [0.1, 0.15) is 41.5 Å². The number of carbonyl (C=O) groups excluding carboxylic acids is 1. The van der Waals surface area contributed by atoms with Gasteiger partial charge >= 0.3 is 6.09 Å². The summed E-state index contributed by atoms with van der Waals surface area (Å²) in [5, 5.41) is 2.75. The van der Waals surface area contributed by atoms with Crippen LogP contribution in [0.4, 0.5) is 4.79 Å². The standard InChI is InChI=1S/C12H26N2O2/c1-9(2)14(10(3)4)8-7-13-12(15)16-11(5)6/h9-11H,7-8H2,1-6H3,(H,13,15). The van der Waals surface area contributed by atoms with E-state index >= 15 is 0 Å². The summed E-state index contributed by atoms with van der Waals surface area (Å²) < 4.78 is 4.98. The lowest BCUT2D eigenvalue weighted by Gasteiger charge is -2.30. The molecule has 0 rings (SSSR count). The second kappa shape index (κ2) is 7.49. The molecule has 0 aliphatic heterocycles. The normalized spacial score (nSPS) is 11.6. The third kappa shape index (κ3) is 6.67. The zero-order valence-electron chi connectivity index (χ0n) is 11.4. The zero-order valence-corrected chi connectivity index (χ0v) is 11.4. The Hall–Kier alpha value is -0.770. The maximum Gasteiger partial charge on any atom is 0.407 e. The predicted molar refractivity (Wildman–Crippen MR) is 66.6 cm³/mol. The number of hydrogen-bond acceptors (Lipinski definition) is 3.